The van der Waals surface area contributed by atoms with Gasteiger partial charge in [0.05, 0.1) is 5.39 Å². The van der Waals surface area contributed by atoms with E-state index >= 15 is 0 Å². The molecule has 0 fully saturated rings. The summed E-state index contributed by atoms with van der Waals surface area (Å²) in [4.78, 5) is 31.2. The van der Waals surface area contributed by atoms with Crippen molar-refractivity contribution in [3.8, 4) is 0 Å². The third-order valence-electron chi connectivity index (χ3n) is 3.84. The number of hydrogen-bond acceptors (Lipinski definition) is 4. The predicted molar refractivity (Wildman–Crippen MR) is 93.2 cm³/mol. The zero-order chi connectivity index (χ0) is 16.6. The van der Waals surface area contributed by atoms with Crippen LogP contribution in [-0.2, 0) is 11.3 Å². The second-order valence-electron chi connectivity index (χ2n) is 5.43. The van der Waals surface area contributed by atoms with Gasteiger partial charge in [0.1, 0.15) is 17.2 Å². The third kappa shape index (κ3) is 2.90. The van der Waals surface area contributed by atoms with Gasteiger partial charge in [0.2, 0.25) is 5.91 Å². The molecule has 0 radical (unpaired) electrons. The standard InChI is InChI=1S/C17H17N3O2S/c1-10-11(2)23-16-15(10)17(22)20(12(3)18-16)9-14(21)19-13-7-5-4-6-8-13/h4-8H,9H2,1-3H3,(H,19,21). The largest absolute Gasteiger partial charge is 0.325 e. The molecule has 0 atom stereocenters. The monoisotopic (exact) mass is 327 g/mol. The Morgan fingerprint density at radius 3 is 2.61 bits per heavy atom. The summed E-state index contributed by atoms with van der Waals surface area (Å²) >= 11 is 1.51. The molecule has 1 aromatic carbocycles. The number of nitrogens with zero attached hydrogens (tertiary/aromatic N) is 2. The summed E-state index contributed by atoms with van der Waals surface area (Å²) in [6, 6.07) is 9.18. The summed E-state index contributed by atoms with van der Waals surface area (Å²) in [7, 11) is 0. The summed E-state index contributed by atoms with van der Waals surface area (Å²) in [6.45, 7) is 5.60. The summed E-state index contributed by atoms with van der Waals surface area (Å²) < 4.78 is 1.43. The van der Waals surface area contributed by atoms with Crippen LogP contribution in [0.4, 0.5) is 5.69 Å². The summed E-state index contributed by atoms with van der Waals surface area (Å²) in [5.74, 6) is 0.305. The van der Waals surface area contributed by atoms with Crippen LogP contribution in [0.15, 0.2) is 35.1 Å². The highest BCUT2D eigenvalue weighted by atomic mass is 32.1. The Morgan fingerprint density at radius 1 is 1.22 bits per heavy atom. The quantitative estimate of drug-likeness (QED) is 0.804. The molecule has 3 rings (SSSR count). The van der Waals surface area contributed by atoms with Crippen LogP contribution in [0.1, 0.15) is 16.3 Å². The molecule has 0 aliphatic rings. The van der Waals surface area contributed by atoms with E-state index in [2.05, 4.69) is 10.3 Å². The number of thiophene rings is 1. The Kier molecular flexibility index (Phi) is 4.00. The lowest BCUT2D eigenvalue weighted by molar-refractivity contribution is -0.116. The van der Waals surface area contributed by atoms with Crippen molar-refractivity contribution >= 4 is 33.1 Å². The number of hydrogen-bond donors (Lipinski definition) is 1. The maximum atomic E-state index is 12.7. The normalized spacial score (nSPS) is 10.9. The molecule has 0 unspecified atom stereocenters. The van der Waals surface area contributed by atoms with Crippen LogP contribution in [0.2, 0.25) is 0 Å². The van der Waals surface area contributed by atoms with Gasteiger partial charge in [-0.3, -0.25) is 14.2 Å². The summed E-state index contributed by atoms with van der Waals surface area (Å²) in [5.41, 5.74) is 1.50. The predicted octanol–water partition coefficient (Wildman–Crippen LogP) is 3.02. The Hall–Kier alpha value is -2.47. The highest BCUT2D eigenvalue weighted by molar-refractivity contribution is 7.18. The van der Waals surface area contributed by atoms with Crippen molar-refractivity contribution in [1.29, 1.82) is 0 Å². The van der Waals surface area contributed by atoms with Gasteiger partial charge in [-0.05, 0) is 38.5 Å². The van der Waals surface area contributed by atoms with E-state index < -0.39 is 0 Å². The fourth-order valence-electron chi connectivity index (χ4n) is 2.48. The van der Waals surface area contributed by atoms with E-state index in [9.17, 15) is 9.59 Å². The van der Waals surface area contributed by atoms with Gasteiger partial charge in [-0.2, -0.15) is 0 Å². The van der Waals surface area contributed by atoms with E-state index in [1.54, 1.807) is 19.1 Å². The fourth-order valence-corrected chi connectivity index (χ4v) is 3.55. The molecule has 0 aliphatic heterocycles. The first-order valence-corrected chi connectivity index (χ1v) is 8.11. The Balaban J connectivity index is 1.95. The summed E-state index contributed by atoms with van der Waals surface area (Å²) in [6.07, 6.45) is 0. The number of aryl methyl sites for hydroxylation is 3. The van der Waals surface area contributed by atoms with Crippen molar-refractivity contribution < 1.29 is 4.79 Å². The van der Waals surface area contributed by atoms with E-state index in [1.807, 2.05) is 32.0 Å². The van der Waals surface area contributed by atoms with Gasteiger partial charge in [0.15, 0.2) is 0 Å². The van der Waals surface area contributed by atoms with Crippen molar-refractivity contribution in [2.24, 2.45) is 0 Å². The van der Waals surface area contributed by atoms with Gasteiger partial charge in [-0.25, -0.2) is 4.98 Å². The van der Waals surface area contributed by atoms with E-state index in [0.29, 0.717) is 16.9 Å². The van der Waals surface area contributed by atoms with Crippen molar-refractivity contribution in [1.82, 2.24) is 9.55 Å². The van der Waals surface area contributed by atoms with Crippen LogP contribution in [0.3, 0.4) is 0 Å². The van der Waals surface area contributed by atoms with Gasteiger partial charge < -0.3 is 5.32 Å². The van der Waals surface area contributed by atoms with E-state index in [1.165, 1.54) is 15.9 Å². The molecule has 5 nitrogen and oxygen atoms in total. The van der Waals surface area contributed by atoms with Gasteiger partial charge in [0.25, 0.3) is 5.56 Å². The van der Waals surface area contributed by atoms with Crippen molar-refractivity contribution in [2.45, 2.75) is 27.3 Å². The number of rotatable bonds is 3. The second kappa shape index (κ2) is 5.96. The zero-order valence-corrected chi connectivity index (χ0v) is 14.0. The number of fused-ring (bicyclic) bond motifs is 1. The Labute approximate surface area is 137 Å². The molecule has 0 bridgehead atoms. The molecule has 23 heavy (non-hydrogen) atoms. The minimum atomic E-state index is -0.243. The first-order chi connectivity index (χ1) is 11.0. The van der Waals surface area contributed by atoms with Crippen LogP contribution in [0, 0.1) is 20.8 Å². The number of carbonyl (C=O) groups excluding carboxylic acids is 1. The van der Waals surface area contributed by atoms with Crippen LogP contribution in [0.5, 0.6) is 0 Å². The molecule has 0 saturated carbocycles. The fraction of sp³-hybridized carbons (Fsp3) is 0.235. The minimum absolute atomic E-state index is 0.0448. The highest BCUT2D eigenvalue weighted by Gasteiger charge is 2.16. The van der Waals surface area contributed by atoms with Crippen LogP contribution in [-0.4, -0.2) is 15.5 Å². The zero-order valence-electron chi connectivity index (χ0n) is 13.2. The molecule has 0 saturated heterocycles. The van der Waals surface area contributed by atoms with Crippen LogP contribution >= 0.6 is 11.3 Å². The molecule has 0 aliphatic carbocycles. The number of aromatic nitrogens is 2. The summed E-state index contributed by atoms with van der Waals surface area (Å²) in [5, 5.41) is 3.41. The lowest BCUT2D eigenvalue weighted by Crippen LogP contribution is -2.30. The molecule has 2 aromatic heterocycles. The molecule has 0 spiro atoms. The number of benzene rings is 1. The maximum absolute atomic E-state index is 12.7. The maximum Gasteiger partial charge on any atom is 0.263 e. The lowest BCUT2D eigenvalue weighted by atomic mass is 10.2. The molecule has 118 valence electrons. The van der Waals surface area contributed by atoms with Crippen LogP contribution < -0.4 is 10.9 Å². The lowest BCUT2D eigenvalue weighted by Gasteiger charge is -2.10. The van der Waals surface area contributed by atoms with E-state index in [4.69, 9.17) is 0 Å². The van der Waals surface area contributed by atoms with Gasteiger partial charge in [-0.1, -0.05) is 18.2 Å². The van der Waals surface area contributed by atoms with E-state index in [0.717, 1.165) is 15.3 Å². The average molecular weight is 327 g/mol. The first kappa shape index (κ1) is 15.4. The SMILES string of the molecule is Cc1sc2nc(C)n(CC(=O)Nc3ccccc3)c(=O)c2c1C. The molecule has 2 heterocycles. The van der Waals surface area contributed by atoms with Gasteiger partial charge in [-0.15, -0.1) is 11.3 Å². The Bertz CT molecular complexity index is 942. The second-order valence-corrected chi connectivity index (χ2v) is 6.63. The van der Waals surface area contributed by atoms with Crippen molar-refractivity contribution in [2.75, 3.05) is 5.32 Å². The third-order valence-corrected chi connectivity index (χ3v) is 4.94. The molecule has 6 heteroatoms. The number of carbonyl (C=O) groups is 1. The van der Waals surface area contributed by atoms with Crippen molar-refractivity contribution in [3.63, 3.8) is 0 Å². The first-order valence-electron chi connectivity index (χ1n) is 7.29. The van der Waals surface area contributed by atoms with E-state index in [-0.39, 0.29) is 18.0 Å². The smallest absolute Gasteiger partial charge is 0.263 e. The number of nitrogens with one attached hydrogen (secondary N) is 1. The molecule has 3 aromatic rings. The molecule has 1 N–H and O–H groups in total. The van der Waals surface area contributed by atoms with Crippen LogP contribution in [0.25, 0.3) is 10.2 Å². The van der Waals surface area contributed by atoms with Gasteiger partial charge >= 0.3 is 0 Å². The minimum Gasteiger partial charge on any atom is -0.325 e. The topological polar surface area (TPSA) is 64.0 Å². The number of anilines is 1. The molecular weight excluding hydrogens is 310 g/mol. The highest BCUT2D eigenvalue weighted by Crippen LogP contribution is 2.26. The van der Waals surface area contributed by atoms with Gasteiger partial charge in [0, 0.05) is 10.6 Å². The number of para-hydroxylation sites is 1. The Morgan fingerprint density at radius 2 is 1.91 bits per heavy atom. The molecular formula is C17H17N3O2S. The number of amides is 1. The average Bonchev–Trinajstić information content (AvgIpc) is 2.79. The molecule has 1 amide bonds. The van der Waals surface area contributed by atoms with Crippen molar-refractivity contribution in [3.05, 3.63) is 57.0 Å².